The second-order valence-corrected chi connectivity index (χ2v) is 4.99. The summed E-state index contributed by atoms with van der Waals surface area (Å²) >= 11 is 6.10. The topological polar surface area (TPSA) is 50.2 Å². The highest BCUT2D eigenvalue weighted by Crippen LogP contribution is 2.20. The van der Waals surface area contributed by atoms with Crippen molar-refractivity contribution >= 4 is 34.7 Å². The number of aromatic nitrogens is 2. The molecule has 3 aromatic rings. The van der Waals surface area contributed by atoms with Crippen LogP contribution in [0.4, 0.5) is 5.82 Å². The Bertz CT molecular complexity index is 797. The minimum atomic E-state index is 0.301. The number of nitrogens with one attached hydrogen (secondary N) is 1. The van der Waals surface area contributed by atoms with E-state index in [4.69, 9.17) is 11.6 Å². The first kappa shape index (κ1) is 13.5. The molecule has 5 heteroatoms. The summed E-state index contributed by atoms with van der Waals surface area (Å²) in [6.07, 6.45) is 1.71. The summed E-state index contributed by atoms with van der Waals surface area (Å²) in [4.78, 5) is 8.68. The molecule has 21 heavy (non-hydrogen) atoms. The third-order valence-electron chi connectivity index (χ3n) is 2.99. The Hall–Kier alpha value is -2.46. The molecule has 0 saturated carbocycles. The fourth-order valence-corrected chi connectivity index (χ4v) is 2.05. The van der Waals surface area contributed by atoms with E-state index in [-0.39, 0.29) is 0 Å². The molecule has 0 amide bonds. The minimum Gasteiger partial charge on any atom is -0.259 e. The van der Waals surface area contributed by atoms with E-state index in [2.05, 4.69) is 20.5 Å². The van der Waals surface area contributed by atoms with Gasteiger partial charge in [-0.1, -0.05) is 53.6 Å². The van der Waals surface area contributed by atoms with Crippen molar-refractivity contribution in [3.05, 3.63) is 64.8 Å². The zero-order valence-electron chi connectivity index (χ0n) is 11.4. The number of halogens is 1. The molecule has 0 aliphatic carbocycles. The SMILES string of the molecule is Cc1ccc(/C=N/Nc2nc3ccccc3nc2Cl)cc1. The molecule has 3 rings (SSSR count). The van der Waals surface area contributed by atoms with E-state index in [0.29, 0.717) is 11.0 Å². The van der Waals surface area contributed by atoms with Crippen molar-refractivity contribution in [2.75, 3.05) is 5.43 Å². The lowest BCUT2D eigenvalue weighted by Gasteiger charge is -2.03. The van der Waals surface area contributed by atoms with Gasteiger partial charge in [0.05, 0.1) is 17.2 Å². The lowest BCUT2D eigenvalue weighted by molar-refractivity contribution is 1.22. The first-order valence-electron chi connectivity index (χ1n) is 6.50. The molecule has 0 aliphatic heterocycles. The predicted octanol–water partition coefficient (Wildman–Crippen LogP) is 4.04. The van der Waals surface area contributed by atoms with Gasteiger partial charge in [0.15, 0.2) is 11.0 Å². The first-order chi connectivity index (χ1) is 10.2. The molecule has 0 fully saturated rings. The summed E-state index contributed by atoms with van der Waals surface area (Å²) in [5, 5.41) is 4.45. The summed E-state index contributed by atoms with van der Waals surface area (Å²) < 4.78 is 0. The van der Waals surface area contributed by atoms with Crippen LogP contribution < -0.4 is 5.43 Å². The van der Waals surface area contributed by atoms with Crippen LogP contribution in [0.25, 0.3) is 11.0 Å². The standard InChI is InChI=1S/C16H13ClN4/c1-11-6-8-12(9-7-11)10-18-21-16-15(17)19-13-4-2-3-5-14(13)20-16/h2-10H,1H3,(H,20,21)/b18-10+. The number of benzene rings is 2. The Balaban J connectivity index is 1.81. The Labute approximate surface area is 127 Å². The summed E-state index contributed by atoms with van der Waals surface area (Å²) in [5.74, 6) is 0.443. The van der Waals surface area contributed by atoms with Gasteiger partial charge in [-0.25, -0.2) is 9.97 Å². The summed E-state index contributed by atoms with van der Waals surface area (Å²) in [5.41, 5.74) is 6.57. The number of anilines is 1. The van der Waals surface area contributed by atoms with Crippen LogP contribution in [0, 0.1) is 6.92 Å². The summed E-state index contributed by atoms with van der Waals surface area (Å²) in [6.45, 7) is 2.05. The third kappa shape index (κ3) is 3.17. The van der Waals surface area contributed by atoms with Crippen molar-refractivity contribution in [1.82, 2.24) is 9.97 Å². The molecule has 104 valence electrons. The van der Waals surface area contributed by atoms with Gasteiger partial charge in [0.25, 0.3) is 0 Å². The fourth-order valence-electron chi connectivity index (χ4n) is 1.87. The van der Waals surface area contributed by atoms with Crippen LogP contribution in [-0.4, -0.2) is 16.2 Å². The highest BCUT2D eigenvalue weighted by Gasteiger charge is 2.05. The molecule has 0 aliphatic rings. The minimum absolute atomic E-state index is 0.301. The summed E-state index contributed by atoms with van der Waals surface area (Å²) in [7, 11) is 0. The van der Waals surface area contributed by atoms with Crippen LogP contribution >= 0.6 is 11.6 Å². The summed E-state index contributed by atoms with van der Waals surface area (Å²) in [6, 6.07) is 15.6. The van der Waals surface area contributed by atoms with Crippen LogP contribution in [-0.2, 0) is 0 Å². The fraction of sp³-hybridized carbons (Fsp3) is 0.0625. The van der Waals surface area contributed by atoms with E-state index in [0.717, 1.165) is 16.6 Å². The zero-order valence-corrected chi connectivity index (χ0v) is 12.2. The molecule has 1 N–H and O–H groups in total. The molecule has 0 bridgehead atoms. The molecule has 0 radical (unpaired) electrons. The molecule has 1 heterocycles. The van der Waals surface area contributed by atoms with Gasteiger partial charge in [0, 0.05) is 0 Å². The van der Waals surface area contributed by atoms with Gasteiger partial charge < -0.3 is 0 Å². The van der Waals surface area contributed by atoms with E-state index in [1.54, 1.807) is 6.21 Å². The van der Waals surface area contributed by atoms with Crippen LogP contribution in [0.3, 0.4) is 0 Å². The van der Waals surface area contributed by atoms with Gasteiger partial charge in [-0.15, -0.1) is 0 Å². The third-order valence-corrected chi connectivity index (χ3v) is 3.25. The maximum absolute atomic E-state index is 6.10. The second-order valence-electron chi connectivity index (χ2n) is 4.63. The normalized spacial score (nSPS) is 11.1. The van der Waals surface area contributed by atoms with Gasteiger partial charge in [-0.05, 0) is 24.6 Å². The maximum atomic E-state index is 6.10. The largest absolute Gasteiger partial charge is 0.259 e. The molecule has 0 unspecified atom stereocenters. The zero-order chi connectivity index (χ0) is 14.7. The van der Waals surface area contributed by atoms with E-state index in [1.807, 2.05) is 55.5 Å². The van der Waals surface area contributed by atoms with E-state index < -0.39 is 0 Å². The lowest BCUT2D eigenvalue weighted by atomic mass is 10.2. The highest BCUT2D eigenvalue weighted by atomic mass is 35.5. The lowest BCUT2D eigenvalue weighted by Crippen LogP contribution is -1.97. The van der Waals surface area contributed by atoms with E-state index in [9.17, 15) is 0 Å². The van der Waals surface area contributed by atoms with Crippen molar-refractivity contribution in [1.29, 1.82) is 0 Å². The highest BCUT2D eigenvalue weighted by molar-refractivity contribution is 6.32. The number of rotatable bonds is 3. The molecule has 1 aromatic heterocycles. The van der Waals surface area contributed by atoms with Crippen LogP contribution in [0.2, 0.25) is 5.15 Å². The Kier molecular flexibility index (Phi) is 3.79. The second kappa shape index (κ2) is 5.89. The van der Waals surface area contributed by atoms with E-state index in [1.165, 1.54) is 5.56 Å². The average molecular weight is 297 g/mol. The quantitative estimate of drug-likeness (QED) is 0.586. The first-order valence-corrected chi connectivity index (χ1v) is 6.88. The number of fused-ring (bicyclic) bond motifs is 1. The predicted molar refractivity (Wildman–Crippen MR) is 86.9 cm³/mol. The molecular weight excluding hydrogens is 284 g/mol. The van der Waals surface area contributed by atoms with Crippen LogP contribution in [0.1, 0.15) is 11.1 Å². The van der Waals surface area contributed by atoms with Crippen molar-refractivity contribution in [3.8, 4) is 0 Å². The van der Waals surface area contributed by atoms with Gasteiger partial charge in [-0.2, -0.15) is 5.10 Å². The Morgan fingerprint density at radius 2 is 1.67 bits per heavy atom. The molecule has 0 spiro atoms. The Morgan fingerprint density at radius 3 is 2.38 bits per heavy atom. The molecule has 0 atom stereocenters. The van der Waals surface area contributed by atoms with Gasteiger partial charge in [0.1, 0.15) is 0 Å². The number of aryl methyl sites for hydroxylation is 1. The van der Waals surface area contributed by atoms with Gasteiger partial charge in [-0.3, -0.25) is 5.43 Å². The molecule has 0 saturated heterocycles. The number of para-hydroxylation sites is 2. The smallest absolute Gasteiger partial charge is 0.185 e. The monoisotopic (exact) mass is 296 g/mol. The van der Waals surface area contributed by atoms with Gasteiger partial charge in [0.2, 0.25) is 0 Å². The molecular formula is C16H13ClN4. The number of nitrogens with zero attached hydrogens (tertiary/aromatic N) is 3. The molecule has 2 aromatic carbocycles. The Morgan fingerprint density at radius 1 is 1.00 bits per heavy atom. The van der Waals surface area contributed by atoms with Crippen molar-refractivity contribution in [3.63, 3.8) is 0 Å². The molecule has 4 nitrogen and oxygen atoms in total. The van der Waals surface area contributed by atoms with Crippen LogP contribution in [0.5, 0.6) is 0 Å². The number of hydrazone groups is 1. The van der Waals surface area contributed by atoms with Crippen molar-refractivity contribution < 1.29 is 0 Å². The van der Waals surface area contributed by atoms with Crippen molar-refractivity contribution in [2.24, 2.45) is 5.10 Å². The van der Waals surface area contributed by atoms with Gasteiger partial charge >= 0.3 is 0 Å². The average Bonchev–Trinajstić information content (AvgIpc) is 2.50. The maximum Gasteiger partial charge on any atom is 0.185 e. The number of hydrogen-bond donors (Lipinski definition) is 1. The van der Waals surface area contributed by atoms with Crippen molar-refractivity contribution in [2.45, 2.75) is 6.92 Å². The van der Waals surface area contributed by atoms with E-state index >= 15 is 0 Å². The number of hydrogen-bond acceptors (Lipinski definition) is 4. The van der Waals surface area contributed by atoms with Crippen LogP contribution in [0.15, 0.2) is 53.6 Å².